The summed E-state index contributed by atoms with van der Waals surface area (Å²) in [6.45, 7) is 0. The minimum atomic E-state index is 0.139. The van der Waals surface area contributed by atoms with Crippen molar-refractivity contribution in [3.63, 3.8) is 0 Å². The van der Waals surface area contributed by atoms with E-state index in [0.29, 0.717) is 23.5 Å². The van der Waals surface area contributed by atoms with Crippen molar-refractivity contribution in [3.05, 3.63) is 109 Å². The van der Waals surface area contributed by atoms with Gasteiger partial charge in [-0.15, -0.1) is 0 Å². The van der Waals surface area contributed by atoms with Gasteiger partial charge in [0.2, 0.25) is 23.8 Å². The Labute approximate surface area is 249 Å². The molecule has 0 aliphatic rings. The fraction of sp³-hybridized carbons (Fsp3) is 0. The van der Waals surface area contributed by atoms with Crippen LogP contribution in [0.1, 0.15) is 0 Å². The predicted molar refractivity (Wildman–Crippen MR) is 171 cm³/mol. The number of nitrogens with two attached hydrogens (primary N) is 2. The van der Waals surface area contributed by atoms with E-state index in [1.807, 2.05) is 109 Å². The van der Waals surface area contributed by atoms with E-state index >= 15 is 0 Å². The van der Waals surface area contributed by atoms with Gasteiger partial charge in [-0.25, -0.2) is 0 Å². The number of nitrogens with zero attached hydrogens (tertiary/aromatic N) is 6. The van der Waals surface area contributed by atoms with Gasteiger partial charge in [0.1, 0.15) is 0 Å². The van der Waals surface area contributed by atoms with Crippen LogP contribution in [0, 0.1) is 0 Å². The zero-order chi connectivity index (χ0) is 28.7. The number of aromatic nitrogens is 6. The summed E-state index contributed by atoms with van der Waals surface area (Å²) >= 11 is 0. The van der Waals surface area contributed by atoms with E-state index in [-0.39, 0.29) is 11.9 Å². The third-order valence-electron chi connectivity index (χ3n) is 5.86. The fourth-order valence-electron chi connectivity index (χ4n) is 3.94. The first-order chi connectivity index (χ1) is 20.6. The molecule has 42 heavy (non-hydrogen) atoms. The summed E-state index contributed by atoms with van der Waals surface area (Å²) in [6, 6.07) is 35.1. The molecule has 0 aliphatic carbocycles. The van der Waals surface area contributed by atoms with Crippen LogP contribution in [0.15, 0.2) is 119 Å². The van der Waals surface area contributed by atoms with Crippen LogP contribution in [-0.2, 0) is 0 Å². The van der Waals surface area contributed by atoms with Gasteiger partial charge in [-0.05, 0) is 24.3 Å². The molecule has 0 aliphatic heterocycles. The second kappa shape index (κ2) is 12.5. The van der Waals surface area contributed by atoms with Gasteiger partial charge < -0.3 is 22.1 Å². The van der Waals surface area contributed by atoms with Crippen molar-refractivity contribution in [1.82, 2.24) is 29.9 Å². The number of nitrogens with one attached hydrogen (secondary N) is 2. The van der Waals surface area contributed by atoms with Gasteiger partial charge in [0.25, 0.3) is 0 Å². The van der Waals surface area contributed by atoms with Crippen molar-refractivity contribution >= 4 is 56.8 Å². The van der Waals surface area contributed by atoms with Crippen LogP contribution in [0.5, 0.6) is 0 Å². The molecular weight excluding hydrogens is 565 g/mol. The molecule has 2 aromatic heterocycles. The van der Waals surface area contributed by atoms with Crippen LogP contribution in [0.4, 0.5) is 35.2 Å². The highest BCUT2D eigenvalue weighted by Gasteiger charge is 2.13. The number of para-hydroxylation sites is 2. The fourth-order valence-corrected chi connectivity index (χ4v) is 6.22. The quantitative estimate of drug-likeness (QED) is 0.131. The van der Waals surface area contributed by atoms with Crippen molar-refractivity contribution in [3.8, 4) is 22.8 Å². The number of nitrogen functional groups attached to an aromatic ring is 2. The maximum atomic E-state index is 6.01. The van der Waals surface area contributed by atoms with Gasteiger partial charge in [0.05, 0.1) is 11.4 Å². The van der Waals surface area contributed by atoms with Crippen LogP contribution < -0.4 is 22.1 Å². The SMILES string of the molecule is Nc1nc(Nc2ccccc2SSc2ccccc2Nc2nc(N)nc(-c3ccccc3)n2)nc(-c2ccccc2)n1. The standard InChI is InChI=1S/C30H24N10S2/c31-27-35-25(19-11-3-1-4-12-19)37-29(39-27)33-21-15-7-9-17-23(21)41-42-24-18-10-8-16-22(24)34-30-38-26(36-28(32)40-30)20-13-5-2-6-14-20/h1-18H,(H3,31,33,35,37,39)(H3,32,34,36,38,40). The Morgan fingerprint density at radius 1 is 0.429 bits per heavy atom. The molecule has 4 aromatic carbocycles. The Kier molecular flexibility index (Phi) is 8.06. The van der Waals surface area contributed by atoms with E-state index in [2.05, 4.69) is 40.5 Å². The summed E-state index contributed by atoms with van der Waals surface area (Å²) < 4.78 is 0. The number of hydrogen-bond acceptors (Lipinski definition) is 12. The molecular formula is C30H24N10S2. The van der Waals surface area contributed by atoms with Gasteiger partial charge >= 0.3 is 0 Å². The zero-order valence-corrected chi connectivity index (χ0v) is 23.7. The van der Waals surface area contributed by atoms with E-state index in [1.165, 1.54) is 0 Å². The molecule has 10 nitrogen and oxygen atoms in total. The average molecular weight is 589 g/mol. The summed E-state index contributed by atoms with van der Waals surface area (Å²) in [5.41, 5.74) is 15.4. The van der Waals surface area contributed by atoms with Crippen molar-refractivity contribution < 1.29 is 0 Å². The first-order valence-electron chi connectivity index (χ1n) is 12.8. The molecule has 0 fully saturated rings. The Bertz CT molecular complexity index is 1690. The predicted octanol–water partition coefficient (Wildman–Crippen LogP) is 6.84. The average Bonchev–Trinajstić information content (AvgIpc) is 3.02. The summed E-state index contributed by atoms with van der Waals surface area (Å²) in [4.78, 5) is 28.3. The highest BCUT2D eigenvalue weighted by molar-refractivity contribution is 8.76. The van der Waals surface area contributed by atoms with Crippen LogP contribution in [0.3, 0.4) is 0 Å². The van der Waals surface area contributed by atoms with E-state index in [4.69, 9.17) is 11.5 Å². The van der Waals surface area contributed by atoms with Gasteiger partial charge in [-0.1, -0.05) is 107 Å². The highest BCUT2D eigenvalue weighted by Crippen LogP contribution is 2.44. The third-order valence-corrected chi connectivity index (χ3v) is 8.34. The Morgan fingerprint density at radius 3 is 1.24 bits per heavy atom. The molecule has 0 spiro atoms. The van der Waals surface area contributed by atoms with E-state index < -0.39 is 0 Å². The molecule has 0 radical (unpaired) electrons. The molecule has 0 saturated carbocycles. The zero-order valence-electron chi connectivity index (χ0n) is 22.0. The summed E-state index contributed by atoms with van der Waals surface area (Å²) in [5.74, 6) is 2.01. The molecule has 0 unspecified atom stereocenters. The Morgan fingerprint density at radius 2 is 0.810 bits per heavy atom. The van der Waals surface area contributed by atoms with Crippen LogP contribution >= 0.6 is 21.6 Å². The molecule has 0 atom stereocenters. The molecule has 12 heteroatoms. The Hall–Kier alpha value is -5.20. The van der Waals surface area contributed by atoms with Crippen molar-refractivity contribution in [1.29, 1.82) is 0 Å². The number of hydrogen-bond donors (Lipinski definition) is 4. The van der Waals surface area contributed by atoms with Crippen molar-refractivity contribution in [2.75, 3.05) is 22.1 Å². The van der Waals surface area contributed by atoms with Crippen molar-refractivity contribution in [2.45, 2.75) is 9.79 Å². The van der Waals surface area contributed by atoms with E-state index in [1.54, 1.807) is 21.6 Å². The van der Waals surface area contributed by atoms with Crippen LogP contribution in [0.25, 0.3) is 22.8 Å². The Balaban J connectivity index is 1.21. The molecule has 6 aromatic rings. The lowest BCUT2D eigenvalue weighted by atomic mass is 10.2. The lowest BCUT2D eigenvalue weighted by Crippen LogP contribution is -2.05. The van der Waals surface area contributed by atoms with E-state index in [0.717, 1.165) is 32.3 Å². The molecule has 2 heterocycles. The van der Waals surface area contributed by atoms with E-state index in [9.17, 15) is 0 Å². The highest BCUT2D eigenvalue weighted by atomic mass is 33.1. The monoisotopic (exact) mass is 588 g/mol. The maximum Gasteiger partial charge on any atom is 0.232 e. The van der Waals surface area contributed by atoms with Gasteiger partial charge in [-0.3, -0.25) is 0 Å². The van der Waals surface area contributed by atoms with Gasteiger partial charge in [0, 0.05) is 20.9 Å². The summed E-state index contributed by atoms with van der Waals surface area (Å²) in [6.07, 6.45) is 0. The first kappa shape index (κ1) is 27.0. The molecule has 6 N–H and O–H groups in total. The smallest absolute Gasteiger partial charge is 0.232 e. The molecule has 0 saturated heterocycles. The number of rotatable bonds is 9. The minimum absolute atomic E-state index is 0.139. The molecule has 0 bridgehead atoms. The van der Waals surface area contributed by atoms with Crippen LogP contribution in [0.2, 0.25) is 0 Å². The second-order valence-corrected chi connectivity index (χ2v) is 11.0. The summed E-state index contributed by atoms with van der Waals surface area (Å²) in [7, 11) is 3.17. The molecule has 6 rings (SSSR count). The van der Waals surface area contributed by atoms with Gasteiger partial charge in [0.15, 0.2) is 11.6 Å². The first-order valence-corrected chi connectivity index (χ1v) is 15.0. The third kappa shape index (κ3) is 6.57. The maximum absolute atomic E-state index is 6.01. The largest absolute Gasteiger partial charge is 0.368 e. The summed E-state index contributed by atoms with van der Waals surface area (Å²) in [5, 5.41) is 6.62. The second-order valence-electron chi connectivity index (χ2n) is 8.82. The van der Waals surface area contributed by atoms with Crippen molar-refractivity contribution in [2.24, 2.45) is 0 Å². The lowest BCUT2D eigenvalue weighted by Gasteiger charge is -2.13. The number of benzene rings is 4. The molecule has 0 amide bonds. The lowest BCUT2D eigenvalue weighted by molar-refractivity contribution is 1.07. The topological polar surface area (TPSA) is 153 Å². The minimum Gasteiger partial charge on any atom is -0.368 e. The van der Waals surface area contributed by atoms with Gasteiger partial charge in [-0.2, -0.15) is 29.9 Å². The molecule has 206 valence electrons. The van der Waals surface area contributed by atoms with Crippen LogP contribution in [-0.4, -0.2) is 29.9 Å². The normalized spacial score (nSPS) is 10.8. The number of anilines is 6.